The molecule has 25 heavy (non-hydrogen) atoms. The average Bonchev–Trinajstić information content (AvgIpc) is 2.59. The van der Waals surface area contributed by atoms with E-state index in [1.807, 2.05) is 0 Å². The summed E-state index contributed by atoms with van der Waals surface area (Å²) in [6, 6.07) is 13.6. The lowest BCUT2D eigenvalue weighted by molar-refractivity contribution is -0.135. The Morgan fingerprint density at radius 3 is 2.40 bits per heavy atom. The third kappa shape index (κ3) is 5.59. The predicted octanol–water partition coefficient (Wildman–Crippen LogP) is 4.14. The van der Waals surface area contributed by atoms with E-state index in [-0.39, 0.29) is 18.7 Å². The second kappa shape index (κ2) is 9.20. The number of rotatable bonds is 7. The molecule has 0 saturated heterocycles. The molecule has 5 nitrogen and oxygen atoms in total. The van der Waals surface area contributed by atoms with Gasteiger partial charge in [0.2, 0.25) is 5.71 Å². The van der Waals surface area contributed by atoms with Crippen LogP contribution >= 0.6 is 23.2 Å². The molecule has 0 aliphatic carbocycles. The largest absolute Gasteiger partial charge is 0.461 e. The number of carbonyl (C=O) groups is 2. The number of para-hydroxylation sites is 1. The molecule has 0 aliphatic rings. The van der Waals surface area contributed by atoms with E-state index in [0.717, 1.165) is 0 Å². The zero-order chi connectivity index (χ0) is 18.2. The molecule has 130 valence electrons. The van der Waals surface area contributed by atoms with Gasteiger partial charge in [-0.25, -0.2) is 4.79 Å². The first-order valence-corrected chi connectivity index (χ1v) is 8.30. The Labute approximate surface area is 155 Å². The van der Waals surface area contributed by atoms with Crippen molar-refractivity contribution in [3.8, 4) is 0 Å². The van der Waals surface area contributed by atoms with Crippen LogP contribution in [-0.2, 0) is 20.7 Å². The maximum Gasteiger partial charge on any atom is 0.362 e. The SMILES string of the molecule is CCOC(=O)C(=NNc1ccccc1Cl)C(=O)Cc1ccc(Cl)cc1. The summed E-state index contributed by atoms with van der Waals surface area (Å²) in [6.45, 7) is 1.79. The second-order valence-corrected chi connectivity index (χ2v) is 5.84. The van der Waals surface area contributed by atoms with Crippen molar-refractivity contribution in [1.29, 1.82) is 0 Å². The first-order valence-electron chi connectivity index (χ1n) is 7.54. The van der Waals surface area contributed by atoms with E-state index in [1.54, 1.807) is 55.5 Å². The van der Waals surface area contributed by atoms with Crippen LogP contribution in [0.3, 0.4) is 0 Å². The number of carbonyl (C=O) groups excluding carboxylic acids is 2. The predicted molar refractivity (Wildman–Crippen MR) is 99.3 cm³/mol. The van der Waals surface area contributed by atoms with Crippen molar-refractivity contribution in [2.24, 2.45) is 5.10 Å². The van der Waals surface area contributed by atoms with E-state index < -0.39 is 11.8 Å². The molecule has 0 aliphatic heterocycles. The summed E-state index contributed by atoms with van der Waals surface area (Å²) in [5.74, 6) is -1.26. The third-order valence-electron chi connectivity index (χ3n) is 3.17. The van der Waals surface area contributed by atoms with Crippen LogP contribution in [0, 0.1) is 0 Å². The molecule has 1 N–H and O–H groups in total. The van der Waals surface area contributed by atoms with Gasteiger partial charge in [0.15, 0.2) is 5.78 Å². The Morgan fingerprint density at radius 2 is 1.76 bits per heavy atom. The van der Waals surface area contributed by atoms with E-state index >= 15 is 0 Å². The van der Waals surface area contributed by atoms with Crippen molar-refractivity contribution in [3.05, 3.63) is 64.1 Å². The number of ketones is 1. The highest BCUT2D eigenvalue weighted by Gasteiger charge is 2.22. The molecule has 0 fully saturated rings. The zero-order valence-electron chi connectivity index (χ0n) is 13.5. The lowest BCUT2D eigenvalue weighted by atomic mass is 10.1. The van der Waals surface area contributed by atoms with Gasteiger partial charge in [-0.2, -0.15) is 5.10 Å². The highest BCUT2D eigenvalue weighted by molar-refractivity contribution is 6.64. The molecule has 0 aromatic heterocycles. The number of hydrogen-bond acceptors (Lipinski definition) is 5. The number of Topliss-reactive ketones (excluding diaryl/α,β-unsaturated/α-hetero) is 1. The highest BCUT2D eigenvalue weighted by Crippen LogP contribution is 2.20. The molecule has 0 amide bonds. The highest BCUT2D eigenvalue weighted by atomic mass is 35.5. The van der Waals surface area contributed by atoms with Gasteiger partial charge >= 0.3 is 5.97 Å². The fraction of sp³-hybridized carbons (Fsp3) is 0.167. The number of halogens is 2. The lowest BCUT2D eigenvalue weighted by Gasteiger charge is -2.08. The van der Waals surface area contributed by atoms with Crippen molar-refractivity contribution in [1.82, 2.24) is 0 Å². The fourth-order valence-corrected chi connectivity index (χ4v) is 2.26. The van der Waals surface area contributed by atoms with Crippen LogP contribution in [0.4, 0.5) is 5.69 Å². The molecule has 2 aromatic carbocycles. The van der Waals surface area contributed by atoms with E-state index in [2.05, 4.69) is 10.5 Å². The van der Waals surface area contributed by atoms with Crippen molar-refractivity contribution < 1.29 is 14.3 Å². The molecule has 0 unspecified atom stereocenters. The Hall–Kier alpha value is -2.37. The first kappa shape index (κ1) is 19.0. The van der Waals surface area contributed by atoms with Crippen LogP contribution in [0.25, 0.3) is 0 Å². The molecular weight excluding hydrogens is 363 g/mol. The topological polar surface area (TPSA) is 67.8 Å². The summed E-state index contributed by atoms with van der Waals surface area (Å²) in [7, 11) is 0. The van der Waals surface area contributed by atoms with E-state index in [0.29, 0.717) is 21.3 Å². The molecule has 0 bridgehead atoms. The Morgan fingerprint density at radius 1 is 1.08 bits per heavy atom. The molecule has 0 heterocycles. The summed E-state index contributed by atoms with van der Waals surface area (Å²) in [4.78, 5) is 24.5. The molecule has 2 aromatic rings. The van der Waals surface area contributed by atoms with Crippen LogP contribution in [-0.4, -0.2) is 24.1 Å². The minimum Gasteiger partial charge on any atom is -0.461 e. The number of nitrogens with zero attached hydrogens (tertiary/aromatic N) is 1. The first-order chi connectivity index (χ1) is 12.0. The Kier molecular flexibility index (Phi) is 6.98. The van der Waals surface area contributed by atoms with Crippen molar-refractivity contribution in [3.63, 3.8) is 0 Å². The number of anilines is 1. The quantitative estimate of drug-likeness (QED) is 0.340. The van der Waals surface area contributed by atoms with Crippen LogP contribution in [0.2, 0.25) is 10.0 Å². The molecular formula is C18H16Cl2N2O3. The van der Waals surface area contributed by atoms with Gasteiger partial charge in [0.05, 0.1) is 17.3 Å². The summed E-state index contributed by atoms with van der Waals surface area (Å²) in [5, 5.41) is 4.90. The number of benzene rings is 2. The summed E-state index contributed by atoms with van der Waals surface area (Å²) in [6.07, 6.45) is -0.000974. The summed E-state index contributed by atoms with van der Waals surface area (Å²) >= 11 is 11.9. The van der Waals surface area contributed by atoms with Crippen molar-refractivity contribution in [2.45, 2.75) is 13.3 Å². The standard InChI is InChI=1S/C18H16Cl2N2O3/c1-2-25-18(24)17(22-21-15-6-4-3-5-14(15)20)16(23)11-12-7-9-13(19)10-8-12/h3-10,21H,2,11H2,1H3. The maximum atomic E-state index is 12.5. The number of esters is 1. The molecule has 0 saturated carbocycles. The van der Waals surface area contributed by atoms with Gasteiger partial charge in [0.25, 0.3) is 0 Å². The number of nitrogens with one attached hydrogen (secondary N) is 1. The summed E-state index contributed by atoms with van der Waals surface area (Å²) in [5.41, 5.74) is 3.51. The number of ether oxygens (including phenoxy) is 1. The smallest absolute Gasteiger partial charge is 0.362 e. The van der Waals surface area contributed by atoms with E-state index in [9.17, 15) is 9.59 Å². The molecule has 7 heteroatoms. The lowest BCUT2D eigenvalue weighted by Crippen LogP contribution is -2.29. The monoisotopic (exact) mass is 378 g/mol. The van der Waals surface area contributed by atoms with Crippen molar-refractivity contribution >= 4 is 46.4 Å². The minimum absolute atomic E-state index is 0.000974. The Bertz CT molecular complexity index is 789. The van der Waals surface area contributed by atoms with Gasteiger partial charge in [-0.3, -0.25) is 10.2 Å². The molecule has 2 rings (SSSR count). The number of hydrogen-bond donors (Lipinski definition) is 1. The second-order valence-electron chi connectivity index (χ2n) is 5.00. The number of hydrazone groups is 1. The van der Waals surface area contributed by atoms with E-state index in [4.69, 9.17) is 27.9 Å². The zero-order valence-corrected chi connectivity index (χ0v) is 15.0. The normalized spacial score (nSPS) is 11.1. The van der Waals surface area contributed by atoms with Crippen LogP contribution < -0.4 is 5.43 Å². The van der Waals surface area contributed by atoms with Gasteiger partial charge in [-0.1, -0.05) is 47.5 Å². The summed E-state index contributed by atoms with van der Waals surface area (Å²) < 4.78 is 4.92. The third-order valence-corrected chi connectivity index (χ3v) is 3.75. The fourth-order valence-electron chi connectivity index (χ4n) is 1.96. The molecule has 0 spiro atoms. The van der Waals surface area contributed by atoms with Crippen molar-refractivity contribution in [2.75, 3.05) is 12.0 Å². The van der Waals surface area contributed by atoms with Gasteiger partial charge < -0.3 is 4.74 Å². The average molecular weight is 379 g/mol. The van der Waals surface area contributed by atoms with Gasteiger partial charge in [0.1, 0.15) is 0 Å². The van der Waals surface area contributed by atoms with Gasteiger partial charge in [-0.05, 0) is 36.8 Å². The van der Waals surface area contributed by atoms with Crippen LogP contribution in [0.5, 0.6) is 0 Å². The van der Waals surface area contributed by atoms with Gasteiger partial charge in [0, 0.05) is 11.4 Å². The molecule has 0 radical (unpaired) electrons. The van der Waals surface area contributed by atoms with E-state index in [1.165, 1.54) is 0 Å². The molecule has 0 atom stereocenters. The van der Waals surface area contributed by atoms with Crippen LogP contribution in [0.1, 0.15) is 12.5 Å². The van der Waals surface area contributed by atoms with Crippen LogP contribution in [0.15, 0.2) is 53.6 Å². The van der Waals surface area contributed by atoms with Gasteiger partial charge in [-0.15, -0.1) is 0 Å². The minimum atomic E-state index is -0.791. The Balaban J connectivity index is 2.21. The maximum absolute atomic E-state index is 12.5.